The molecule has 0 saturated carbocycles. The largest absolute Gasteiger partial charge is 0.456 e. The van der Waals surface area contributed by atoms with Gasteiger partial charge in [0.2, 0.25) is 0 Å². The molecule has 0 saturated heterocycles. The van der Waals surface area contributed by atoms with E-state index in [0.717, 1.165) is 48.7 Å². The van der Waals surface area contributed by atoms with Crippen molar-refractivity contribution in [3.63, 3.8) is 0 Å². The Morgan fingerprint density at radius 3 is 1.60 bits per heavy atom. The lowest BCUT2D eigenvalue weighted by Crippen LogP contribution is -2.55. The summed E-state index contributed by atoms with van der Waals surface area (Å²) in [4.78, 5) is 0. The Balaban J connectivity index is 1.60. The summed E-state index contributed by atoms with van der Waals surface area (Å²) in [6, 6.07) is 19.8. The van der Waals surface area contributed by atoms with Gasteiger partial charge in [0.15, 0.2) is 0 Å². The van der Waals surface area contributed by atoms with Gasteiger partial charge in [-0.25, -0.2) is 0 Å². The molecular formula is C39H18B10O. The molecular weight excluding hydrogens is 593 g/mol. The minimum Gasteiger partial charge on any atom is -0.456 e. The zero-order valence-electron chi connectivity index (χ0n) is 27.4. The van der Waals surface area contributed by atoms with Crippen LogP contribution >= 0.6 is 0 Å². The third kappa shape index (κ3) is 4.91. The zero-order chi connectivity index (χ0) is 35.8. The maximum Gasteiger partial charge on any atom is 0.136 e. The van der Waals surface area contributed by atoms with Gasteiger partial charge in [-0.3, -0.25) is 0 Å². The Hall–Kier alpha value is -4.49. The van der Waals surface area contributed by atoms with Gasteiger partial charge < -0.3 is 4.42 Å². The van der Waals surface area contributed by atoms with E-state index in [1.807, 2.05) is 67.6 Å². The summed E-state index contributed by atoms with van der Waals surface area (Å²) in [5.74, 6) is 0. The Bertz CT molecular complexity index is 2690. The number of fused-ring (bicyclic) bond motifs is 4. The first kappa shape index (κ1) is 34.0. The first-order valence-electron chi connectivity index (χ1n) is 15.8. The highest BCUT2D eigenvalue weighted by Crippen LogP contribution is 2.39. The molecule has 0 aliphatic rings. The van der Waals surface area contributed by atoms with Crippen molar-refractivity contribution in [1.82, 2.24) is 0 Å². The van der Waals surface area contributed by atoms with E-state index in [2.05, 4.69) is 18.7 Å². The summed E-state index contributed by atoms with van der Waals surface area (Å²) >= 11 is 0. The van der Waals surface area contributed by atoms with E-state index in [0.29, 0.717) is 27.9 Å². The normalized spacial score (nSPS) is 12.4. The number of rotatable bonds is 4. The Kier molecular flexibility index (Phi) is 8.62. The van der Waals surface area contributed by atoms with Gasteiger partial charge >= 0.3 is 0 Å². The fourth-order valence-corrected chi connectivity index (χ4v) is 7.10. The number of benzene rings is 6. The average Bonchev–Trinajstić information content (AvgIpc) is 3.50. The summed E-state index contributed by atoms with van der Waals surface area (Å²) in [5, 5.41) is 5.34. The third-order valence-corrected chi connectivity index (χ3v) is 9.57. The molecule has 0 spiro atoms. The Morgan fingerprint density at radius 1 is 0.500 bits per heavy atom. The summed E-state index contributed by atoms with van der Waals surface area (Å²) in [7, 11) is 63.5. The van der Waals surface area contributed by atoms with Crippen LogP contribution in [0.1, 0.15) is 6.92 Å². The highest BCUT2D eigenvalue weighted by atomic mass is 16.3. The molecule has 0 atom stereocenters. The molecule has 0 bridgehead atoms. The molecule has 7 aromatic rings. The minimum atomic E-state index is 0.153. The third-order valence-electron chi connectivity index (χ3n) is 9.57. The van der Waals surface area contributed by atoms with Crippen molar-refractivity contribution < 1.29 is 4.42 Å². The van der Waals surface area contributed by atoms with Gasteiger partial charge in [0, 0.05) is 10.8 Å². The van der Waals surface area contributed by atoms with Crippen molar-refractivity contribution in [2.45, 2.75) is 6.92 Å². The van der Waals surface area contributed by atoms with Crippen molar-refractivity contribution >= 4 is 178 Å². The fraction of sp³-hybridized carbons (Fsp3) is 0.0256. The highest BCUT2D eigenvalue weighted by Gasteiger charge is 2.22. The smallest absolute Gasteiger partial charge is 0.136 e. The molecule has 11 heteroatoms. The predicted molar refractivity (Wildman–Crippen MR) is 225 cm³/mol. The number of hydrogen-bond acceptors (Lipinski definition) is 1. The second-order valence-corrected chi connectivity index (χ2v) is 12.2. The molecule has 0 unspecified atom stereocenters. The number of allylic oxidation sites excluding steroid dienone is 1. The Morgan fingerprint density at radius 2 is 1.04 bits per heavy atom. The molecule has 1 nitrogen and oxygen atoms in total. The second kappa shape index (κ2) is 12.7. The number of hydrogen-bond donors (Lipinski definition) is 0. The molecule has 1 heterocycles. The van der Waals surface area contributed by atoms with Crippen LogP contribution in [-0.2, 0) is 0 Å². The molecule has 0 aliphatic carbocycles. The lowest BCUT2D eigenvalue weighted by atomic mass is 9.59. The van der Waals surface area contributed by atoms with Crippen molar-refractivity contribution in [3.05, 3.63) is 83.8 Å². The van der Waals surface area contributed by atoms with Crippen molar-refractivity contribution in [1.29, 1.82) is 0 Å². The zero-order valence-corrected chi connectivity index (χ0v) is 27.4. The standard InChI is InChI=1S/C39H18B10O/c1-3-8-18-17(4-2)28(29-32(42)36(46)39(49)37(47)33(29)43)20-10-6-5-9-19(20)26(18)22-11-7-12-23-27(22)21-14-13-16(15-24(21)50-23)25-30(40)34(44)38(48)35(45)31(25)41/h3-15H,1H2,2H3/b17-4+,18-8+. The van der Waals surface area contributed by atoms with Crippen LogP contribution in [0.3, 0.4) is 0 Å². The van der Waals surface area contributed by atoms with Gasteiger partial charge in [-0.15, -0.1) is 32.8 Å². The van der Waals surface area contributed by atoms with Gasteiger partial charge in [-0.1, -0.05) is 89.1 Å². The van der Waals surface area contributed by atoms with Crippen molar-refractivity contribution in [2.75, 3.05) is 0 Å². The van der Waals surface area contributed by atoms with E-state index >= 15 is 0 Å². The molecule has 20 radical (unpaired) electrons. The summed E-state index contributed by atoms with van der Waals surface area (Å²) in [6.45, 7) is 6.01. The van der Waals surface area contributed by atoms with Crippen LogP contribution in [0.25, 0.3) is 78.2 Å². The molecule has 0 N–H and O–H groups in total. The lowest BCUT2D eigenvalue weighted by Gasteiger charge is -2.24. The first-order valence-corrected chi connectivity index (χ1v) is 15.8. The van der Waals surface area contributed by atoms with Crippen LogP contribution in [0, 0.1) is 0 Å². The van der Waals surface area contributed by atoms with Crippen LogP contribution in [0.2, 0.25) is 0 Å². The van der Waals surface area contributed by atoms with E-state index in [9.17, 15) is 0 Å². The molecule has 6 aromatic carbocycles. The SMILES string of the molecule is [B]c1c([B])c([B])c(-c2ccc3c(c2)oc2cccc(-c4c(=C/C=C)/c(=C\C)c(-c5c([B])c([B])c([B])c([B])c5[B])c5ccccc45)c23)c([B])c1[B]. The quantitative estimate of drug-likeness (QED) is 0.200. The maximum atomic E-state index is 6.66. The second-order valence-electron chi connectivity index (χ2n) is 12.2. The molecule has 0 aliphatic heterocycles. The van der Waals surface area contributed by atoms with Gasteiger partial charge in [0.05, 0.1) is 0 Å². The minimum absolute atomic E-state index is 0.153. The summed E-state index contributed by atoms with van der Waals surface area (Å²) in [6.07, 6.45) is 5.74. The van der Waals surface area contributed by atoms with E-state index in [4.69, 9.17) is 82.9 Å². The van der Waals surface area contributed by atoms with E-state index < -0.39 is 0 Å². The maximum absolute atomic E-state index is 6.66. The van der Waals surface area contributed by atoms with Crippen LogP contribution < -0.4 is 65.1 Å². The molecule has 0 fully saturated rings. The molecule has 7 rings (SSSR count). The van der Waals surface area contributed by atoms with Crippen molar-refractivity contribution in [2.24, 2.45) is 0 Å². The molecule has 0 amide bonds. The van der Waals surface area contributed by atoms with E-state index in [-0.39, 0.29) is 54.6 Å². The topological polar surface area (TPSA) is 13.1 Å². The van der Waals surface area contributed by atoms with Gasteiger partial charge in [0.1, 0.15) is 89.6 Å². The first-order chi connectivity index (χ1) is 23.9. The van der Waals surface area contributed by atoms with E-state index in [1.165, 1.54) is 0 Å². The van der Waals surface area contributed by atoms with Crippen LogP contribution in [0.15, 0.2) is 77.7 Å². The van der Waals surface area contributed by atoms with Crippen molar-refractivity contribution in [3.8, 4) is 33.4 Å². The monoisotopic (exact) mass is 612 g/mol. The average molecular weight is 611 g/mol. The highest BCUT2D eigenvalue weighted by molar-refractivity contribution is 6.70. The van der Waals surface area contributed by atoms with E-state index in [1.54, 1.807) is 6.08 Å². The number of furan rings is 1. The van der Waals surface area contributed by atoms with Gasteiger partial charge in [-0.05, 0) is 79.7 Å². The van der Waals surface area contributed by atoms with Crippen LogP contribution in [0.4, 0.5) is 0 Å². The fourth-order valence-electron chi connectivity index (χ4n) is 7.10. The van der Waals surface area contributed by atoms with Gasteiger partial charge in [-0.2, -0.15) is 0 Å². The molecule has 50 heavy (non-hydrogen) atoms. The summed E-state index contributed by atoms with van der Waals surface area (Å²) < 4.78 is 6.49. The van der Waals surface area contributed by atoms with Crippen LogP contribution in [-0.4, -0.2) is 78.5 Å². The molecule has 1 aromatic heterocycles. The van der Waals surface area contributed by atoms with Gasteiger partial charge in [0.25, 0.3) is 0 Å². The Labute approximate surface area is 305 Å². The molecule has 210 valence electrons. The lowest BCUT2D eigenvalue weighted by molar-refractivity contribution is 0.669. The van der Waals surface area contributed by atoms with Crippen LogP contribution in [0.5, 0.6) is 0 Å². The predicted octanol–water partition coefficient (Wildman–Crippen LogP) is -2.55. The summed E-state index contributed by atoms with van der Waals surface area (Å²) in [5.41, 5.74) is 7.67.